The number of ether oxygens (including phenoxy) is 1. The molecule has 28 heavy (non-hydrogen) atoms. The number of sulfonamides is 1. The fourth-order valence-electron chi connectivity index (χ4n) is 2.73. The van der Waals surface area contributed by atoms with E-state index in [1.807, 2.05) is 13.0 Å². The maximum absolute atomic E-state index is 12.6. The van der Waals surface area contributed by atoms with Crippen molar-refractivity contribution in [1.82, 2.24) is 4.98 Å². The maximum Gasteiger partial charge on any atom is 0.263 e. The smallest absolute Gasteiger partial charge is 0.263 e. The molecule has 3 aromatic rings. The summed E-state index contributed by atoms with van der Waals surface area (Å²) in [4.78, 5) is 17.0. The number of thiazole rings is 1. The molecule has 0 saturated carbocycles. The van der Waals surface area contributed by atoms with Crippen LogP contribution in [0.4, 0.5) is 10.8 Å². The number of aryl methyl sites for hydroxylation is 1. The molecule has 0 unspecified atom stereocenters. The molecule has 10 heteroatoms. The van der Waals surface area contributed by atoms with Gasteiger partial charge in [0.2, 0.25) is 0 Å². The van der Waals surface area contributed by atoms with Gasteiger partial charge in [0.25, 0.3) is 15.9 Å². The van der Waals surface area contributed by atoms with Crippen molar-refractivity contribution in [2.24, 2.45) is 0 Å². The van der Waals surface area contributed by atoms with E-state index in [1.165, 1.54) is 23.5 Å². The molecule has 1 aliphatic rings. The molecule has 1 amide bonds. The van der Waals surface area contributed by atoms with E-state index in [-0.39, 0.29) is 22.5 Å². The standard InChI is InChI=1S/C18H14BrN3O4S2/c1-10-17(11-2-7-15-14(8-11)20-16(23)9-26-15)21-18(27-10)22-28(24,25)13-5-3-12(19)4-6-13/h2-8H,9H2,1H3,(H,20,23)(H,21,22). The first kappa shape index (κ1) is 18.9. The fourth-order valence-corrected chi connectivity index (χ4v) is 5.06. The van der Waals surface area contributed by atoms with Crippen molar-refractivity contribution in [3.8, 4) is 17.0 Å². The molecule has 1 aromatic heterocycles. The first-order valence-corrected chi connectivity index (χ1v) is 11.2. The van der Waals surface area contributed by atoms with Gasteiger partial charge in [0, 0.05) is 14.9 Å². The number of anilines is 2. The largest absolute Gasteiger partial charge is 0.482 e. The van der Waals surface area contributed by atoms with Crippen LogP contribution in [0.5, 0.6) is 5.75 Å². The molecule has 0 spiro atoms. The minimum atomic E-state index is -3.74. The van der Waals surface area contributed by atoms with Crippen molar-refractivity contribution in [2.75, 3.05) is 16.6 Å². The number of hydrogen-bond donors (Lipinski definition) is 2. The van der Waals surface area contributed by atoms with Crippen LogP contribution in [0.15, 0.2) is 51.8 Å². The van der Waals surface area contributed by atoms with E-state index in [0.29, 0.717) is 17.1 Å². The highest BCUT2D eigenvalue weighted by Gasteiger charge is 2.20. The van der Waals surface area contributed by atoms with E-state index in [1.54, 1.807) is 24.3 Å². The number of carbonyl (C=O) groups excluding carboxylic acids is 1. The third-order valence-electron chi connectivity index (χ3n) is 4.03. The summed E-state index contributed by atoms with van der Waals surface area (Å²) in [7, 11) is -3.74. The summed E-state index contributed by atoms with van der Waals surface area (Å²) in [5.74, 6) is 0.370. The van der Waals surface area contributed by atoms with E-state index in [0.717, 1.165) is 14.9 Å². The molecule has 0 atom stereocenters. The van der Waals surface area contributed by atoms with Gasteiger partial charge >= 0.3 is 0 Å². The van der Waals surface area contributed by atoms with Crippen molar-refractivity contribution < 1.29 is 17.9 Å². The molecular formula is C18H14BrN3O4S2. The lowest BCUT2D eigenvalue weighted by molar-refractivity contribution is -0.118. The number of hydrogen-bond acceptors (Lipinski definition) is 6. The summed E-state index contributed by atoms with van der Waals surface area (Å²) >= 11 is 4.53. The molecule has 0 radical (unpaired) electrons. The molecular weight excluding hydrogens is 466 g/mol. The quantitative estimate of drug-likeness (QED) is 0.588. The Morgan fingerprint density at radius 3 is 2.71 bits per heavy atom. The lowest BCUT2D eigenvalue weighted by Gasteiger charge is -2.18. The summed E-state index contributed by atoms with van der Waals surface area (Å²) in [6, 6.07) is 11.7. The molecule has 144 valence electrons. The van der Waals surface area contributed by atoms with Gasteiger partial charge in [-0.1, -0.05) is 15.9 Å². The lowest BCUT2D eigenvalue weighted by atomic mass is 10.1. The van der Waals surface area contributed by atoms with Crippen LogP contribution in [0.1, 0.15) is 4.88 Å². The molecule has 2 aromatic carbocycles. The second-order valence-electron chi connectivity index (χ2n) is 6.03. The van der Waals surface area contributed by atoms with Gasteiger partial charge in [-0.05, 0) is 49.4 Å². The fraction of sp³-hybridized carbons (Fsp3) is 0.111. The van der Waals surface area contributed by atoms with E-state index in [9.17, 15) is 13.2 Å². The molecule has 0 saturated heterocycles. The summed E-state index contributed by atoms with van der Waals surface area (Å²) in [5.41, 5.74) is 1.96. The van der Waals surface area contributed by atoms with Gasteiger partial charge in [-0.15, -0.1) is 11.3 Å². The van der Waals surface area contributed by atoms with Crippen LogP contribution in [-0.2, 0) is 14.8 Å². The van der Waals surface area contributed by atoms with Crippen LogP contribution >= 0.6 is 27.3 Å². The highest BCUT2D eigenvalue weighted by atomic mass is 79.9. The average molecular weight is 480 g/mol. The summed E-state index contributed by atoms with van der Waals surface area (Å²) in [5, 5.41) is 3.03. The van der Waals surface area contributed by atoms with Crippen LogP contribution in [0.25, 0.3) is 11.3 Å². The molecule has 0 fully saturated rings. The normalized spacial score (nSPS) is 13.4. The first-order valence-electron chi connectivity index (χ1n) is 8.15. The Morgan fingerprint density at radius 1 is 1.21 bits per heavy atom. The lowest BCUT2D eigenvalue weighted by Crippen LogP contribution is -2.25. The zero-order valence-electron chi connectivity index (χ0n) is 14.5. The van der Waals surface area contributed by atoms with Gasteiger partial charge in [0.05, 0.1) is 16.3 Å². The highest BCUT2D eigenvalue weighted by Crippen LogP contribution is 2.36. The Bertz CT molecular complexity index is 1170. The van der Waals surface area contributed by atoms with Crippen molar-refractivity contribution >= 4 is 54.0 Å². The van der Waals surface area contributed by atoms with Crippen molar-refractivity contribution in [3.05, 3.63) is 51.8 Å². The molecule has 1 aliphatic heterocycles. The van der Waals surface area contributed by atoms with E-state index in [4.69, 9.17) is 4.74 Å². The topological polar surface area (TPSA) is 97.4 Å². The SMILES string of the molecule is Cc1sc(NS(=O)(=O)c2ccc(Br)cc2)nc1-c1ccc2c(c1)NC(=O)CO2. The minimum Gasteiger partial charge on any atom is -0.482 e. The zero-order valence-corrected chi connectivity index (χ0v) is 17.7. The third kappa shape index (κ3) is 3.75. The minimum absolute atomic E-state index is 0.00986. The summed E-state index contributed by atoms with van der Waals surface area (Å²) < 4.78 is 33.8. The van der Waals surface area contributed by atoms with Gasteiger partial charge in [-0.2, -0.15) is 0 Å². The van der Waals surface area contributed by atoms with Gasteiger partial charge in [-0.25, -0.2) is 13.4 Å². The van der Waals surface area contributed by atoms with Gasteiger partial charge < -0.3 is 10.1 Å². The van der Waals surface area contributed by atoms with E-state index in [2.05, 4.69) is 31.0 Å². The van der Waals surface area contributed by atoms with E-state index >= 15 is 0 Å². The van der Waals surface area contributed by atoms with E-state index < -0.39 is 10.0 Å². The molecule has 4 rings (SSSR count). The van der Waals surface area contributed by atoms with Crippen LogP contribution < -0.4 is 14.8 Å². The third-order valence-corrected chi connectivity index (χ3v) is 6.93. The molecule has 2 N–H and O–H groups in total. The van der Waals surface area contributed by atoms with Crippen LogP contribution in [0.2, 0.25) is 0 Å². The number of carbonyl (C=O) groups is 1. The molecule has 0 bridgehead atoms. The number of benzene rings is 2. The first-order chi connectivity index (χ1) is 13.3. The number of halogens is 1. The Labute approximate surface area is 173 Å². The number of nitrogens with one attached hydrogen (secondary N) is 2. The Kier molecular flexibility index (Phi) is 4.86. The summed E-state index contributed by atoms with van der Waals surface area (Å²) in [6.45, 7) is 1.85. The Hall–Kier alpha value is -2.43. The number of fused-ring (bicyclic) bond motifs is 1. The number of aromatic nitrogens is 1. The Morgan fingerprint density at radius 2 is 1.96 bits per heavy atom. The molecule has 2 heterocycles. The second kappa shape index (κ2) is 7.19. The maximum atomic E-state index is 12.6. The second-order valence-corrected chi connectivity index (χ2v) is 9.83. The zero-order chi connectivity index (χ0) is 19.9. The molecule has 0 aliphatic carbocycles. The van der Waals surface area contributed by atoms with Crippen LogP contribution in [0, 0.1) is 6.92 Å². The highest BCUT2D eigenvalue weighted by molar-refractivity contribution is 9.10. The predicted molar refractivity (Wildman–Crippen MR) is 111 cm³/mol. The Balaban J connectivity index is 1.63. The number of nitrogens with zero attached hydrogens (tertiary/aromatic N) is 1. The number of amides is 1. The monoisotopic (exact) mass is 479 g/mol. The van der Waals surface area contributed by atoms with Crippen LogP contribution in [-0.4, -0.2) is 25.9 Å². The average Bonchev–Trinajstić information content (AvgIpc) is 3.00. The van der Waals surface area contributed by atoms with Gasteiger partial charge in [0.1, 0.15) is 5.75 Å². The van der Waals surface area contributed by atoms with Crippen LogP contribution in [0.3, 0.4) is 0 Å². The summed E-state index contributed by atoms with van der Waals surface area (Å²) in [6.07, 6.45) is 0. The van der Waals surface area contributed by atoms with Gasteiger partial charge in [0.15, 0.2) is 11.7 Å². The van der Waals surface area contributed by atoms with Crippen molar-refractivity contribution in [2.45, 2.75) is 11.8 Å². The van der Waals surface area contributed by atoms with Crippen molar-refractivity contribution in [3.63, 3.8) is 0 Å². The van der Waals surface area contributed by atoms with Crippen molar-refractivity contribution in [1.29, 1.82) is 0 Å². The van der Waals surface area contributed by atoms with Gasteiger partial charge in [-0.3, -0.25) is 9.52 Å². The number of rotatable bonds is 4. The predicted octanol–water partition coefficient (Wildman–Crippen LogP) is 4.01. The molecule has 7 nitrogen and oxygen atoms in total.